The Bertz CT molecular complexity index is 1070. The monoisotopic (exact) mass is 428 g/mol. The lowest BCUT2D eigenvalue weighted by Crippen LogP contribution is -2.37. The highest BCUT2D eigenvalue weighted by atomic mass is 19.4. The molecule has 1 aromatic heterocycles. The zero-order chi connectivity index (χ0) is 22.6. The maximum absolute atomic E-state index is 13.4. The number of hydrogen-bond acceptors (Lipinski definition) is 7. The molecule has 1 heterocycles. The van der Waals surface area contributed by atoms with E-state index < -0.39 is 47.5 Å². The fourth-order valence-corrected chi connectivity index (χ4v) is 2.53. The van der Waals surface area contributed by atoms with E-state index in [9.17, 15) is 27.9 Å². The lowest BCUT2D eigenvalue weighted by atomic mass is 10.1. The molecule has 0 aliphatic rings. The summed E-state index contributed by atoms with van der Waals surface area (Å²) in [5.41, 5.74) is 1.56. The van der Waals surface area contributed by atoms with E-state index in [0.717, 1.165) is 0 Å². The second-order valence-corrected chi connectivity index (χ2v) is 6.07. The van der Waals surface area contributed by atoms with E-state index in [0.29, 0.717) is 6.08 Å². The highest BCUT2D eigenvalue weighted by molar-refractivity contribution is 6.05. The summed E-state index contributed by atoms with van der Waals surface area (Å²) in [6.45, 7) is 0.908. The van der Waals surface area contributed by atoms with Crippen molar-refractivity contribution in [2.24, 2.45) is 5.10 Å². The van der Waals surface area contributed by atoms with Gasteiger partial charge in [-0.3, -0.25) is 9.59 Å². The number of amides is 1. The second-order valence-electron chi connectivity index (χ2n) is 6.07. The number of aromatic hydroxyl groups is 1. The van der Waals surface area contributed by atoms with Gasteiger partial charge in [-0.25, -0.2) is 0 Å². The third-order valence-corrected chi connectivity index (χ3v) is 3.86. The fourth-order valence-electron chi connectivity index (χ4n) is 2.53. The number of nitrogens with two attached hydrogens (primary N) is 1. The predicted molar refractivity (Wildman–Crippen MR) is 103 cm³/mol. The quantitative estimate of drug-likeness (QED) is 0.264. The van der Waals surface area contributed by atoms with Crippen LogP contribution in [-0.2, 0) is 0 Å². The minimum absolute atomic E-state index is 0.164. The highest BCUT2D eigenvalue weighted by Crippen LogP contribution is 2.30. The van der Waals surface area contributed by atoms with E-state index in [1.807, 2.05) is 5.32 Å². The molecule has 0 aliphatic carbocycles. The molecule has 0 fully saturated rings. The van der Waals surface area contributed by atoms with Gasteiger partial charge in [-0.05, 0) is 24.6 Å². The summed E-state index contributed by atoms with van der Waals surface area (Å²) >= 11 is 0. The minimum Gasteiger partial charge on any atom is -0.506 e. The number of aromatic nitrogens is 1. The van der Waals surface area contributed by atoms with Crippen molar-refractivity contribution in [2.45, 2.75) is 25.8 Å². The average Bonchev–Trinajstić information content (AvgIpc) is 2.65. The average molecular weight is 428 g/mol. The summed E-state index contributed by atoms with van der Waals surface area (Å²) in [6.07, 6.45) is -4.77. The van der Waals surface area contributed by atoms with Crippen LogP contribution in [0, 0.1) is 0 Å². The minimum atomic E-state index is -4.93. The molecule has 162 valence electrons. The van der Waals surface area contributed by atoms with Crippen LogP contribution in [0.3, 0.4) is 0 Å². The molecule has 2 aromatic rings. The maximum Gasteiger partial charge on any atom is 0.435 e. The van der Waals surface area contributed by atoms with Gasteiger partial charge in [0.25, 0.3) is 11.5 Å². The van der Waals surface area contributed by atoms with E-state index in [1.165, 1.54) is 24.3 Å². The summed E-state index contributed by atoms with van der Waals surface area (Å²) in [5, 5.41) is 33.3. The molecular weight excluding hydrogens is 409 g/mol. The molecule has 12 heteroatoms. The molecule has 0 radical (unpaired) electrons. The van der Waals surface area contributed by atoms with Crippen LogP contribution in [-0.4, -0.2) is 50.6 Å². The summed E-state index contributed by atoms with van der Waals surface area (Å²) in [6, 6.07) is 3.88. The van der Waals surface area contributed by atoms with Gasteiger partial charge in [0.05, 0.1) is 12.2 Å². The molecular formula is C18H19F3N4O5. The first kappa shape index (κ1) is 22.9. The summed E-state index contributed by atoms with van der Waals surface area (Å²) in [5.74, 6) is -2.08. The van der Waals surface area contributed by atoms with Gasteiger partial charge in [0.1, 0.15) is 16.8 Å². The van der Waals surface area contributed by atoms with Gasteiger partial charge in [0.2, 0.25) is 0 Å². The molecule has 0 aliphatic heterocycles. The van der Waals surface area contributed by atoms with Gasteiger partial charge >= 0.3 is 6.18 Å². The Hall–Kier alpha value is -3.38. The van der Waals surface area contributed by atoms with Crippen LogP contribution in [0.2, 0.25) is 0 Å². The number of para-hydroxylation sites is 1. The Balaban J connectivity index is 2.89. The lowest BCUT2D eigenvalue weighted by molar-refractivity contribution is -0.0581. The van der Waals surface area contributed by atoms with Crippen LogP contribution in [0.4, 0.5) is 18.9 Å². The van der Waals surface area contributed by atoms with Crippen LogP contribution >= 0.6 is 0 Å². The number of nitrogen functional groups attached to an aromatic ring is 1. The van der Waals surface area contributed by atoms with E-state index in [4.69, 9.17) is 15.9 Å². The number of fused-ring (bicyclic) bond motifs is 1. The van der Waals surface area contributed by atoms with E-state index >= 15 is 0 Å². The molecule has 2 rings (SSSR count). The molecule has 0 saturated carbocycles. The Labute approximate surface area is 167 Å². The number of carbonyl (C=O) groups is 1. The third-order valence-electron chi connectivity index (χ3n) is 3.86. The zero-order valence-electron chi connectivity index (χ0n) is 15.6. The Morgan fingerprint density at radius 1 is 1.37 bits per heavy atom. The van der Waals surface area contributed by atoms with Crippen molar-refractivity contribution in [1.29, 1.82) is 0 Å². The standard InChI is InChI=1S/C18H19F3N4O5/c1-2-3-7-11(18(19,20)21)24-25-14-9(5-4-6-10(14)22)15(28)13(17(25)30)16(29)23-8-12(26)27/h3-7,12,26-28H,2,8,22H2,1H3,(H,23,29)/b7-3-,24-11-. The topological polar surface area (TPSA) is 150 Å². The van der Waals surface area contributed by atoms with Crippen molar-refractivity contribution in [3.8, 4) is 5.75 Å². The molecule has 0 saturated heterocycles. The van der Waals surface area contributed by atoms with Gasteiger partial charge in [-0.15, -0.1) is 0 Å². The van der Waals surface area contributed by atoms with Gasteiger partial charge in [-0.2, -0.15) is 22.9 Å². The number of benzene rings is 1. The number of aliphatic hydroxyl groups is 2. The van der Waals surface area contributed by atoms with Gasteiger partial charge in [0.15, 0.2) is 12.0 Å². The first-order chi connectivity index (χ1) is 14.0. The molecule has 0 bridgehead atoms. The SMILES string of the molecule is CC/C=C\C(=N\n1c(=O)c(C(=O)NCC(O)O)c(O)c2cccc(N)c21)C(F)(F)F. The number of nitrogens with one attached hydrogen (secondary N) is 1. The number of rotatable bonds is 6. The predicted octanol–water partition coefficient (Wildman–Crippen LogP) is 1.06. The van der Waals surface area contributed by atoms with Crippen LogP contribution < -0.4 is 16.6 Å². The number of nitrogens with zero attached hydrogens (tertiary/aromatic N) is 2. The normalized spacial score (nSPS) is 12.8. The van der Waals surface area contributed by atoms with Crippen molar-refractivity contribution >= 4 is 28.2 Å². The second kappa shape index (κ2) is 8.97. The number of allylic oxidation sites excluding steroid dienone is 2. The summed E-state index contributed by atoms with van der Waals surface area (Å²) < 4.78 is 40.5. The van der Waals surface area contributed by atoms with Crippen molar-refractivity contribution < 1.29 is 33.3 Å². The van der Waals surface area contributed by atoms with Crippen LogP contribution in [0.15, 0.2) is 40.2 Å². The number of halogens is 3. The molecule has 1 amide bonds. The number of hydrogen-bond donors (Lipinski definition) is 5. The molecule has 0 spiro atoms. The maximum atomic E-state index is 13.4. The van der Waals surface area contributed by atoms with E-state index in [1.54, 1.807) is 6.92 Å². The largest absolute Gasteiger partial charge is 0.506 e. The highest BCUT2D eigenvalue weighted by Gasteiger charge is 2.35. The lowest BCUT2D eigenvalue weighted by Gasteiger charge is -2.15. The van der Waals surface area contributed by atoms with Crippen LogP contribution in [0.25, 0.3) is 10.9 Å². The van der Waals surface area contributed by atoms with Crippen molar-refractivity contribution in [3.63, 3.8) is 0 Å². The summed E-state index contributed by atoms with van der Waals surface area (Å²) in [7, 11) is 0. The Morgan fingerprint density at radius 2 is 2.03 bits per heavy atom. The third kappa shape index (κ3) is 4.78. The van der Waals surface area contributed by atoms with Crippen LogP contribution in [0.1, 0.15) is 23.7 Å². The first-order valence-corrected chi connectivity index (χ1v) is 8.62. The first-order valence-electron chi connectivity index (χ1n) is 8.62. The molecule has 1 aromatic carbocycles. The van der Waals surface area contributed by atoms with Crippen molar-refractivity contribution in [3.05, 3.63) is 46.3 Å². The number of alkyl halides is 3. The molecule has 9 nitrogen and oxygen atoms in total. The number of carbonyl (C=O) groups excluding carboxylic acids is 1. The van der Waals surface area contributed by atoms with Crippen molar-refractivity contribution in [1.82, 2.24) is 9.99 Å². The molecule has 0 atom stereocenters. The van der Waals surface area contributed by atoms with Gasteiger partial charge in [0, 0.05) is 5.39 Å². The Kier molecular flexibility index (Phi) is 6.84. The van der Waals surface area contributed by atoms with Crippen molar-refractivity contribution in [2.75, 3.05) is 12.3 Å². The molecule has 30 heavy (non-hydrogen) atoms. The number of aliphatic hydroxyl groups excluding tert-OH is 1. The van der Waals surface area contributed by atoms with E-state index in [-0.39, 0.29) is 27.7 Å². The smallest absolute Gasteiger partial charge is 0.435 e. The Morgan fingerprint density at radius 3 is 2.60 bits per heavy atom. The van der Waals surface area contributed by atoms with Crippen LogP contribution in [0.5, 0.6) is 5.75 Å². The zero-order valence-corrected chi connectivity index (χ0v) is 15.6. The number of anilines is 1. The van der Waals surface area contributed by atoms with E-state index in [2.05, 4.69) is 5.10 Å². The number of pyridine rings is 1. The van der Waals surface area contributed by atoms with Gasteiger partial charge in [-0.1, -0.05) is 19.1 Å². The molecule has 0 unspecified atom stereocenters. The fraction of sp³-hybridized carbons (Fsp3) is 0.278. The molecule has 6 N–H and O–H groups in total. The summed E-state index contributed by atoms with van der Waals surface area (Å²) in [4.78, 5) is 25.1. The van der Waals surface area contributed by atoms with Gasteiger partial charge < -0.3 is 26.4 Å².